The second-order valence-electron chi connectivity index (χ2n) is 5.04. The van der Waals surface area contributed by atoms with Gasteiger partial charge < -0.3 is 0 Å². The Morgan fingerprint density at radius 3 is 2.32 bits per heavy atom. The van der Waals surface area contributed by atoms with Gasteiger partial charge in [-0.3, -0.25) is 9.59 Å². The Morgan fingerprint density at radius 1 is 0.955 bits per heavy atom. The van der Waals surface area contributed by atoms with Gasteiger partial charge in [0.25, 0.3) is 0 Å². The maximum atomic E-state index is 12.7. The predicted molar refractivity (Wildman–Crippen MR) is 82.0 cm³/mol. The third-order valence-corrected chi connectivity index (χ3v) is 5.66. The molecule has 0 fully saturated rings. The van der Waals surface area contributed by atoms with E-state index >= 15 is 0 Å². The average molecular weight is 335 g/mol. The van der Waals surface area contributed by atoms with Crippen LogP contribution in [0.2, 0.25) is 5.02 Å². The van der Waals surface area contributed by atoms with Crippen molar-refractivity contribution in [2.75, 3.05) is 5.75 Å². The van der Waals surface area contributed by atoms with Gasteiger partial charge in [-0.2, -0.15) is 0 Å². The van der Waals surface area contributed by atoms with Crippen LogP contribution in [0.1, 0.15) is 21.8 Å². The Hall–Kier alpha value is -1.98. The number of benzene rings is 2. The number of fused-ring (bicyclic) bond motifs is 1. The van der Waals surface area contributed by atoms with Crippen LogP contribution in [0.25, 0.3) is 0 Å². The standard InChI is InChI=1S/C16H11ClO4S/c17-12-7-3-1-5-10(12)15-13(18)9-22(20,21)14-8-4-2-6-11(14)16(15)19/h1-8,15H,9H2. The number of carbonyl (C=O) groups excluding carboxylic acids is 2. The van der Waals surface area contributed by atoms with E-state index in [9.17, 15) is 18.0 Å². The molecule has 3 rings (SSSR count). The van der Waals surface area contributed by atoms with Crippen molar-refractivity contribution < 1.29 is 18.0 Å². The number of rotatable bonds is 1. The molecule has 1 aliphatic heterocycles. The molecule has 1 unspecified atom stereocenters. The molecule has 1 atom stereocenters. The van der Waals surface area contributed by atoms with Crippen molar-refractivity contribution in [3.63, 3.8) is 0 Å². The molecule has 0 saturated heterocycles. The average Bonchev–Trinajstić information content (AvgIpc) is 2.55. The van der Waals surface area contributed by atoms with E-state index in [0.717, 1.165) is 0 Å². The van der Waals surface area contributed by atoms with Gasteiger partial charge >= 0.3 is 0 Å². The zero-order chi connectivity index (χ0) is 15.9. The fourth-order valence-corrected chi connectivity index (χ4v) is 4.35. The summed E-state index contributed by atoms with van der Waals surface area (Å²) in [5.41, 5.74) is 0.379. The lowest BCUT2D eigenvalue weighted by atomic mass is 9.88. The lowest BCUT2D eigenvalue weighted by molar-refractivity contribution is -0.117. The first-order chi connectivity index (χ1) is 10.4. The van der Waals surface area contributed by atoms with Crippen LogP contribution in [0.4, 0.5) is 0 Å². The molecule has 0 N–H and O–H groups in total. The zero-order valence-electron chi connectivity index (χ0n) is 11.3. The molecule has 0 saturated carbocycles. The number of sulfone groups is 1. The maximum Gasteiger partial charge on any atom is 0.186 e. The summed E-state index contributed by atoms with van der Waals surface area (Å²) in [7, 11) is -3.83. The van der Waals surface area contributed by atoms with Crippen LogP contribution >= 0.6 is 11.6 Å². The molecule has 0 spiro atoms. The van der Waals surface area contributed by atoms with Gasteiger partial charge in [0.1, 0.15) is 11.7 Å². The van der Waals surface area contributed by atoms with Crippen molar-refractivity contribution in [3.05, 3.63) is 64.7 Å². The molecule has 4 nitrogen and oxygen atoms in total. The Labute approximate surface area is 132 Å². The van der Waals surface area contributed by atoms with Gasteiger partial charge in [-0.15, -0.1) is 0 Å². The van der Waals surface area contributed by atoms with Gasteiger partial charge in [0, 0.05) is 10.6 Å². The van der Waals surface area contributed by atoms with Gasteiger partial charge in [-0.1, -0.05) is 48.0 Å². The fourth-order valence-electron chi connectivity index (χ4n) is 2.62. The molecule has 1 heterocycles. The zero-order valence-corrected chi connectivity index (χ0v) is 12.9. The van der Waals surface area contributed by atoms with E-state index in [4.69, 9.17) is 11.6 Å². The third-order valence-electron chi connectivity index (χ3n) is 3.62. The van der Waals surface area contributed by atoms with E-state index in [2.05, 4.69) is 0 Å². The van der Waals surface area contributed by atoms with Crippen LogP contribution in [-0.2, 0) is 14.6 Å². The quantitative estimate of drug-likeness (QED) is 0.752. The molecular formula is C16H11ClO4S. The topological polar surface area (TPSA) is 68.3 Å². The Morgan fingerprint density at radius 2 is 1.59 bits per heavy atom. The number of Topliss-reactive ketones (excluding diaryl/α,β-unsaturated/α-hetero) is 2. The van der Waals surface area contributed by atoms with Crippen molar-refractivity contribution in [1.82, 2.24) is 0 Å². The van der Waals surface area contributed by atoms with Gasteiger partial charge in [0.15, 0.2) is 21.4 Å². The first-order valence-corrected chi connectivity index (χ1v) is 8.58. The highest BCUT2D eigenvalue weighted by molar-refractivity contribution is 7.92. The summed E-state index contributed by atoms with van der Waals surface area (Å²) in [6.45, 7) is 0. The lowest BCUT2D eigenvalue weighted by Gasteiger charge is -2.13. The molecule has 0 aliphatic carbocycles. The summed E-state index contributed by atoms with van der Waals surface area (Å²) in [6.07, 6.45) is 0. The van der Waals surface area contributed by atoms with E-state index in [-0.39, 0.29) is 15.5 Å². The second kappa shape index (κ2) is 5.34. The molecule has 0 bridgehead atoms. The van der Waals surface area contributed by atoms with Crippen LogP contribution in [0, 0.1) is 0 Å². The fraction of sp³-hybridized carbons (Fsp3) is 0.125. The van der Waals surface area contributed by atoms with Crippen molar-refractivity contribution in [3.8, 4) is 0 Å². The molecule has 6 heteroatoms. The van der Waals surface area contributed by atoms with Crippen LogP contribution in [0.5, 0.6) is 0 Å². The van der Waals surface area contributed by atoms with Crippen molar-refractivity contribution >= 4 is 33.0 Å². The summed E-state index contributed by atoms with van der Waals surface area (Å²) in [4.78, 5) is 25.1. The number of hydrogen-bond acceptors (Lipinski definition) is 4. The summed E-state index contributed by atoms with van der Waals surface area (Å²) in [5.74, 6) is -3.08. The smallest absolute Gasteiger partial charge is 0.186 e. The molecule has 2 aromatic rings. The Balaban J connectivity index is 2.26. The molecule has 0 aromatic heterocycles. The molecule has 0 amide bonds. The molecule has 0 radical (unpaired) electrons. The molecule has 1 aliphatic rings. The lowest BCUT2D eigenvalue weighted by Crippen LogP contribution is -2.24. The minimum atomic E-state index is -3.83. The normalized spacial score (nSPS) is 20.3. The highest BCUT2D eigenvalue weighted by Gasteiger charge is 2.39. The summed E-state index contributed by atoms with van der Waals surface area (Å²) < 4.78 is 24.6. The summed E-state index contributed by atoms with van der Waals surface area (Å²) >= 11 is 6.09. The number of carbonyl (C=O) groups is 2. The first kappa shape index (κ1) is 14.9. The minimum absolute atomic E-state index is 0.0401. The first-order valence-electron chi connectivity index (χ1n) is 6.55. The third kappa shape index (κ3) is 2.36. The van der Waals surface area contributed by atoms with E-state index in [1.54, 1.807) is 30.3 Å². The SMILES string of the molecule is O=C1CS(=O)(=O)c2ccccc2C(=O)C1c1ccccc1Cl. The van der Waals surface area contributed by atoms with Crippen molar-refractivity contribution in [2.24, 2.45) is 0 Å². The van der Waals surface area contributed by atoms with E-state index in [0.29, 0.717) is 5.56 Å². The van der Waals surface area contributed by atoms with Gasteiger partial charge in [0.2, 0.25) is 0 Å². The van der Waals surface area contributed by atoms with Crippen LogP contribution < -0.4 is 0 Å². The van der Waals surface area contributed by atoms with Gasteiger partial charge in [-0.25, -0.2) is 8.42 Å². The van der Waals surface area contributed by atoms with Crippen LogP contribution in [-0.4, -0.2) is 25.7 Å². The highest BCUT2D eigenvalue weighted by Crippen LogP contribution is 2.34. The Bertz CT molecular complexity index is 887. The van der Waals surface area contributed by atoms with Gasteiger partial charge in [-0.05, 0) is 17.7 Å². The summed E-state index contributed by atoms with van der Waals surface area (Å²) in [5, 5.41) is 0.269. The van der Waals surface area contributed by atoms with E-state index in [1.165, 1.54) is 18.2 Å². The van der Waals surface area contributed by atoms with Crippen molar-refractivity contribution in [1.29, 1.82) is 0 Å². The molecule has 2 aromatic carbocycles. The molecule has 22 heavy (non-hydrogen) atoms. The molecular weight excluding hydrogens is 324 g/mol. The minimum Gasteiger partial charge on any atom is -0.297 e. The van der Waals surface area contributed by atoms with Crippen LogP contribution in [0.3, 0.4) is 0 Å². The number of ketones is 2. The summed E-state index contributed by atoms with van der Waals surface area (Å²) in [6, 6.07) is 12.4. The Kier molecular flexibility index (Phi) is 3.62. The van der Waals surface area contributed by atoms with E-state index < -0.39 is 33.1 Å². The largest absolute Gasteiger partial charge is 0.297 e. The highest BCUT2D eigenvalue weighted by atomic mass is 35.5. The monoisotopic (exact) mass is 334 g/mol. The second-order valence-corrected chi connectivity index (χ2v) is 7.41. The molecule has 112 valence electrons. The number of halogens is 1. The van der Waals surface area contributed by atoms with Crippen molar-refractivity contribution in [2.45, 2.75) is 10.8 Å². The maximum absolute atomic E-state index is 12.7. The predicted octanol–water partition coefficient (Wildman–Crippen LogP) is 2.66. The van der Waals surface area contributed by atoms with Gasteiger partial charge in [0.05, 0.1) is 4.90 Å². The number of hydrogen-bond donors (Lipinski definition) is 0. The van der Waals surface area contributed by atoms with Crippen LogP contribution in [0.15, 0.2) is 53.4 Å². The van der Waals surface area contributed by atoms with E-state index in [1.807, 2.05) is 0 Å².